The number of aryl methyl sites for hydroxylation is 1. The molecule has 0 saturated carbocycles. The summed E-state index contributed by atoms with van der Waals surface area (Å²) in [4.78, 5) is 12.5. The third kappa shape index (κ3) is 6.01. The van der Waals surface area contributed by atoms with Crippen molar-refractivity contribution in [3.63, 3.8) is 0 Å². The lowest BCUT2D eigenvalue weighted by Gasteiger charge is -2.20. The maximum atomic E-state index is 12.8. The van der Waals surface area contributed by atoms with Crippen LogP contribution in [0, 0.1) is 6.92 Å². The van der Waals surface area contributed by atoms with Crippen LogP contribution in [0.25, 0.3) is 0 Å². The molecule has 0 aliphatic carbocycles. The van der Waals surface area contributed by atoms with Crippen molar-refractivity contribution >= 4 is 33.4 Å². The molecule has 0 aliphatic rings. The van der Waals surface area contributed by atoms with E-state index in [2.05, 4.69) is 26.1 Å². The summed E-state index contributed by atoms with van der Waals surface area (Å²) < 4.78 is 26.9. The fraction of sp³-hybridized carbons (Fsp3) is 0.381. The van der Waals surface area contributed by atoms with Crippen LogP contribution < -0.4 is 9.62 Å². The van der Waals surface area contributed by atoms with Crippen molar-refractivity contribution in [1.82, 2.24) is 5.32 Å². The van der Waals surface area contributed by atoms with Crippen LogP contribution in [0.2, 0.25) is 0 Å². The Morgan fingerprint density at radius 3 is 2.14 bits per heavy atom. The second-order valence-corrected chi connectivity index (χ2v) is 11.4. The van der Waals surface area contributed by atoms with E-state index in [1.54, 1.807) is 60.3 Å². The molecule has 0 aliphatic heterocycles. The molecule has 0 heterocycles. The number of carbonyl (C=O) groups excluding carboxylic acids is 1. The van der Waals surface area contributed by atoms with Crippen molar-refractivity contribution in [2.24, 2.45) is 0 Å². The van der Waals surface area contributed by atoms with Crippen molar-refractivity contribution < 1.29 is 13.2 Å². The van der Waals surface area contributed by atoms with Gasteiger partial charge >= 0.3 is 0 Å². The number of anilines is 1. The molecule has 0 bridgehead atoms. The first-order chi connectivity index (χ1) is 13.0. The SMILES string of the molecule is Cc1ccc(S(=O)(=O)N(C)c2ccc(C(=O)NCCSC(C)(C)C)cc2)cc1. The average molecular weight is 421 g/mol. The number of amides is 1. The Kier molecular flexibility index (Phi) is 7.17. The number of sulfonamides is 1. The molecule has 2 rings (SSSR count). The van der Waals surface area contributed by atoms with E-state index in [1.165, 1.54) is 11.4 Å². The van der Waals surface area contributed by atoms with E-state index >= 15 is 0 Å². The summed E-state index contributed by atoms with van der Waals surface area (Å²) in [7, 11) is -2.14. The molecule has 0 atom stereocenters. The molecule has 1 amide bonds. The van der Waals surface area contributed by atoms with Gasteiger partial charge in [-0.2, -0.15) is 11.8 Å². The topological polar surface area (TPSA) is 66.5 Å². The Bertz CT molecular complexity index is 900. The van der Waals surface area contributed by atoms with Crippen LogP contribution in [0.1, 0.15) is 36.7 Å². The summed E-state index contributed by atoms with van der Waals surface area (Å²) in [5, 5.41) is 2.89. The standard InChI is InChI=1S/C21H28N2O3S2/c1-16-6-12-19(13-7-16)28(25,26)23(5)18-10-8-17(9-11-18)20(24)22-14-15-27-21(2,3)4/h6-13H,14-15H2,1-5H3,(H,22,24). The zero-order valence-electron chi connectivity index (χ0n) is 17.0. The fourth-order valence-corrected chi connectivity index (χ4v) is 4.47. The van der Waals surface area contributed by atoms with Crippen molar-refractivity contribution in [1.29, 1.82) is 0 Å². The van der Waals surface area contributed by atoms with E-state index in [1.807, 2.05) is 6.92 Å². The Labute approximate surface area is 172 Å². The minimum Gasteiger partial charge on any atom is -0.351 e. The van der Waals surface area contributed by atoms with Crippen LogP contribution in [0.15, 0.2) is 53.4 Å². The second-order valence-electron chi connectivity index (χ2n) is 7.55. The van der Waals surface area contributed by atoms with Crippen LogP contribution in [0.5, 0.6) is 0 Å². The highest BCUT2D eigenvalue weighted by molar-refractivity contribution is 8.00. The Morgan fingerprint density at radius 2 is 1.61 bits per heavy atom. The summed E-state index contributed by atoms with van der Waals surface area (Å²) in [6.07, 6.45) is 0. The van der Waals surface area contributed by atoms with E-state index in [9.17, 15) is 13.2 Å². The molecule has 0 fully saturated rings. The zero-order valence-corrected chi connectivity index (χ0v) is 18.7. The van der Waals surface area contributed by atoms with E-state index in [4.69, 9.17) is 0 Å². The largest absolute Gasteiger partial charge is 0.351 e. The van der Waals surface area contributed by atoms with Crippen LogP contribution in [0.4, 0.5) is 5.69 Å². The van der Waals surface area contributed by atoms with Gasteiger partial charge < -0.3 is 5.32 Å². The van der Waals surface area contributed by atoms with Gasteiger partial charge in [0, 0.05) is 29.7 Å². The van der Waals surface area contributed by atoms with E-state index in [-0.39, 0.29) is 15.5 Å². The molecule has 0 saturated heterocycles. The molecule has 0 unspecified atom stereocenters. The van der Waals surface area contributed by atoms with Gasteiger partial charge in [-0.1, -0.05) is 38.5 Å². The molecule has 2 aromatic rings. The fourth-order valence-electron chi connectivity index (χ4n) is 2.45. The lowest BCUT2D eigenvalue weighted by Crippen LogP contribution is -2.28. The van der Waals surface area contributed by atoms with Crippen LogP contribution in [-0.2, 0) is 10.0 Å². The Morgan fingerprint density at radius 1 is 1.04 bits per heavy atom. The van der Waals surface area contributed by atoms with Gasteiger partial charge in [-0.3, -0.25) is 9.10 Å². The number of nitrogens with zero attached hydrogens (tertiary/aromatic N) is 1. The minimum absolute atomic E-state index is 0.162. The van der Waals surface area contributed by atoms with Gasteiger partial charge in [-0.25, -0.2) is 8.42 Å². The lowest BCUT2D eigenvalue weighted by molar-refractivity contribution is 0.0956. The van der Waals surface area contributed by atoms with Crippen LogP contribution >= 0.6 is 11.8 Å². The first-order valence-corrected chi connectivity index (χ1v) is 11.5. The third-order valence-corrected chi connectivity index (χ3v) is 7.17. The van der Waals surface area contributed by atoms with Crippen molar-refractivity contribution in [3.05, 3.63) is 59.7 Å². The van der Waals surface area contributed by atoms with E-state index in [0.29, 0.717) is 17.8 Å². The predicted molar refractivity (Wildman–Crippen MR) is 118 cm³/mol. The highest BCUT2D eigenvalue weighted by Crippen LogP contribution is 2.23. The number of thioether (sulfide) groups is 1. The molecule has 28 heavy (non-hydrogen) atoms. The quantitative estimate of drug-likeness (QED) is 0.686. The number of hydrogen-bond donors (Lipinski definition) is 1. The Hall–Kier alpha value is -1.99. The number of carbonyl (C=O) groups is 1. The molecule has 0 radical (unpaired) electrons. The summed E-state index contributed by atoms with van der Waals surface area (Å²) >= 11 is 1.79. The number of rotatable bonds is 7. The normalized spacial score (nSPS) is 11.9. The second kappa shape index (κ2) is 9.01. The predicted octanol–water partition coefficient (Wildman–Crippen LogP) is 4.08. The number of hydrogen-bond acceptors (Lipinski definition) is 4. The first-order valence-electron chi connectivity index (χ1n) is 9.08. The monoisotopic (exact) mass is 420 g/mol. The van der Waals surface area contributed by atoms with Gasteiger partial charge in [-0.15, -0.1) is 0 Å². The smallest absolute Gasteiger partial charge is 0.264 e. The summed E-state index contributed by atoms with van der Waals surface area (Å²) in [6, 6.07) is 13.3. The van der Waals surface area contributed by atoms with E-state index < -0.39 is 10.0 Å². The van der Waals surface area contributed by atoms with Gasteiger partial charge in [0.05, 0.1) is 10.6 Å². The molecule has 0 spiro atoms. The maximum Gasteiger partial charge on any atom is 0.264 e. The van der Waals surface area contributed by atoms with Gasteiger partial charge in [0.1, 0.15) is 0 Å². The third-order valence-electron chi connectivity index (χ3n) is 4.10. The molecule has 5 nitrogen and oxygen atoms in total. The average Bonchev–Trinajstić information content (AvgIpc) is 2.64. The molecule has 1 N–H and O–H groups in total. The lowest BCUT2D eigenvalue weighted by atomic mass is 10.2. The summed E-state index contributed by atoms with van der Waals surface area (Å²) in [6.45, 7) is 8.91. The highest BCUT2D eigenvalue weighted by atomic mass is 32.2. The minimum atomic E-state index is -3.64. The molecular weight excluding hydrogens is 392 g/mol. The van der Waals surface area contributed by atoms with E-state index in [0.717, 1.165) is 11.3 Å². The maximum absolute atomic E-state index is 12.8. The molecule has 7 heteroatoms. The first kappa shape index (κ1) is 22.3. The van der Waals surface area contributed by atoms with Crippen molar-refractivity contribution in [2.75, 3.05) is 23.7 Å². The molecule has 2 aromatic carbocycles. The van der Waals surface area contributed by atoms with Crippen LogP contribution in [-0.4, -0.2) is 38.4 Å². The molecule has 152 valence electrons. The molecular formula is C21H28N2O3S2. The Balaban J connectivity index is 2.03. The summed E-state index contributed by atoms with van der Waals surface area (Å²) in [5.41, 5.74) is 2.00. The van der Waals surface area contributed by atoms with Crippen molar-refractivity contribution in [3.8, 4) is 0 Å². The van der Waals surface area contributed by atoms with Gasteiger partial charge in [0.2, 0.25) is 0 Å². The summed E-state index contributed by atoms with van der Waals surface area (Å²) in [5.74, 6) is 0.676. The zero-order chi connectivity index (χ0) is 20.9. The van der Waals surface area contributed by atoms with Gasteiger partial charge in [-0.05, 0) is 43.3 Å². The van der Waals surface area contributed by atoms with Gasteiger partial charge in [0.15, 0.2) is 0 Å². The van der Waals surface area contributed by atoms with Crippen molar-refractivity contribution in [2.45, 2.75) is 37.3 Å². The highest BCUT2D eigenvalue weighted by Gasteiger charge is 2.21. The number of benzene rings is 2. The number of nitrogens with one attached hydrogen (secondary N) is 1. The molecule has 0 aromatic heterocycles. The van der Waals surface area contributed by atoms with Gasteiger partial charge in [0.25, 0.3) is 15.9 Å². The van der Waals surface area contributed by atoms with Crippen LogP contribution in [0.3, 0.4) is 0 Å².